The average Bonchev–Trinajstić information content (AvgIpc) is 2.17. The van der Waals surface area contributed by atoms with Crippen molar-refractivity contribution in [2.24, 2.45) is 0 Å². The van der Waals surface area contributed by atoms with E-state index in [4.69, 9.17) is 0 Å². The number of benzene rings is 1. The Bertz CT molecular complexity index is 305. The van der Waals surface area contributed by atoms with Crippen LogP contribution in [-0.4, -0.2) is 6.29 Å². The Morgan fingerprint density at radius 1 is 1.33 bits per heavy atom. The molecular formula is C11H13F3O. The van der Waals surface area contributed by atoms with Gasteiger partial charge in [0.05, 0.1) is 5.56 Å². The first kappa shape index (κ1) is 13.7. The second-order valence-electron chi connectivity index (χ2n) is 2.94. The Morgan fingerprint density at radius 2 is 1.87 bits per heavy atom. The molecule has 15 heavy (non-hydrogen) atoms. The topological polar surface area (TPSA) is 17.1 Å². The number of halogens is 3. The number of carbonyl (C=O) groups is 1. The summed E-state index contributed by atoms with van der Waals surface area (Å²) in [6, 6.07) is 5.22. The molecule has 0 aliphatic heterocycles. The Morgan fingerprint density at radius 3 is 2.13 bits per heavy atom. The van der Waals surface area contributed by atoms with Crippen molar-refractivity contribution in [3.63, 3.8) is 0 Å². The maximum atomic E-state index is 12.0. The van der Waals surface area contributed by atoms with Crippen LogP contribution in [0.2, 0.25) is 0 Å². The normalized spacial score (nSPS) is 10.2. The van der Waals surface area contributed by atoms with Gasteiger partial charge >= 0.3 is 6.18 Å². The van der Waals surface area contributed by atoms with E-state index in [1.54, 1.807) is 13.0 Å². The zero-order valence-electron chi connectivity index (χ0n) is 8.64. The maximum Gasteiger partial charge on any atom is 0.416 e. The molecule has 0 bridgehead atoms. The number of hydrogen-bond donors (Lipinski definition) is 0. The van der Waals surface area contributed by atoms with Crippen LogP contribution in [-0.2, 0) is 11.0 Å². The highest BCUT2D eigenvalue weighted by Gasteiger charge is 2.29. The summed E-state index contributed by atoms with van der Waals surface area (Å²) in [6.45, 7) is 3.45. The van der Waals surface area contributed by atoms with E-state index < -0.39 is 11.7 Å². The first-order valence-electron chi connectivity index (χ1n) is 4.49. The van der Waals surface area contributed by atoms with Gasteiger partial charge in [0.2, 0.25) is 0 Å². The molecule has 0 fully saturated rings. The third kappa shape index (κ3) is 5.88. The minimum atomic E-state index is -4.22. The number of carbonyl (C=O) groups excluding carboxylic acids is 1. The number of aldehydes is 1. The molecule has 84 valence electrons. The molecule has 4 heteroatoms. The first-order valence-corrected chi connectivity index (χ1v) is 4.49. The van der Waals surface area contributed by atoms with E-state index in [1.807, 2.05) is 6.92 Å². The van der Waals surface area contributed by atoms with E-state index in [9.17, 15) is 18.0 Å². The number of aryl methyl sites for hydroxylation is 1. The fraction of sp³-hybridized carbons (Fsp3) is 0.364. The molecule has 0 aliphatic rings. The van der Waals surface area contributed by atoms with Crippen LogP contribution < -0.4 is 0 Å². The van der Waals surface area contributed by atoms with Crippen LogP contribution in [0.3, 0.4) is 0 Å². The van der Waals surface area contributed by atoms with Gasteiger partial charge in [0.15, 0.2) is 0 Å². The van der Waals surface area contributed by atoms with E-state index in [0.29, 0.717) is 12.0 Å². The van der Waals surface area contributed by atoms with Gasteiger partial charge in [0, 0.05) is 6.42 Å². The number of rotatable bonds is 1. The van der Waals surface area contributed by atoms with Crippen molar-refractivity contribution in [3.05, 3.63) is 35.4 Å². The highest BCUT2D eigenvalue weighted by Crippen LogP contribution is 2.29. The minimum Gasteiger partial charge on any atom is -0.303 e. The predicted octanol–water partition coefficient (Wildman–Crippen LogP) is 3.61. The van der Waals surface area contributed by atoms with Gasteiger partial charge in [-0.05, 0) is 13.0 Å². The molecule has 1 aromatic rings. The van der Waals surface area contributed by atoms with E-state index in [0.717, 1.165) is 18.4 Å². The summed E-state index contributed by atoms with van der Waals surface area (Å²) < 4.78 is 35.9. The van der Waals surface area contributed by atoms with Crippen LogP contribution >= 0.6 is 0 Å². The highest BCUT2D eigenvalue weighted by molar-refractivity contribution is 5.48. The Kier molecular flexibility index (Phi) is 5.67. The van der Waals surface area contributed by atoms with Gasteiger partial charge in [-0.2, -0.15) is 13.2 Å². The molecule has 0 unspecified atom stereocenters. The Hall–Kier alpha value is -1.32. The summed E-state index contributed by atoms with van der Waals surface area (Å²) in [4.78, 5) is 9.17. The van der Waals surface area contributed by atoms with E-state index >= 15 is 0 Å². The molecule has 1 nitrogen and oxygen atoms in total. The highest BCUT2D eigenvalue weighted by atomic mass is 19.4. The van der Waals surface area contributed by atoms with Crippen LogP contribution in [0.15, 0.2) is 24.3 Å². The maximum absolute atomic E-state index is 12.0. The minimum absolute atomic E-state index is 0.586. The lowest BCUT2D eigenvalue weighted by molar-refractivity contribution is -0.137. The number of hydrogen-bond acceptors (Lipinski definition) is 1. The second-order valence-corrected chi connectivity index (χ2v) is 2.94. The van der Waals surface area contributed by atoms with Gasteiger partial charge in [-0.15, -0.1) is 0 Å². The standard InChI is InChI=1S/C8H7F3.C3H6O/c1-6-3-2-4-7(5-6)8(9,10)11;1-2-3-4/h2-5H,1H3;3H,2H2,1H3. The van der Waals surface area contributed by atoms with Gasteiger partial charge in [0.1, 0.15) is 6.29 Å². The number of alkyl halides is 3. The molecule has 0 N–H and O–H groups in total. The molecule has 0 aliphatic carbocycles. The van der Waals surface area contributed by atoms with Gasteiger partial charge in [-0.25, -0.2) is 0 Å². The Labute approximate surface area is 86.9 Å². The van der Waals surface area contributed by atoms with Crippen molar-refractivity contribution in [3.8, 4) is 0 Å². The molecule has 0 saturated heterocycles. The molecule has 0 atom stereocenters. The SMILES string of the molecule is CCC=O.Cc1cccc(C(F)(F)F)c1. The van der Waals surface area contributed by atoms with Gasteiger partial charge in [-0.3, -0.25) is 0 Å². The lowest BCUT2D eigenvalue weighted by Gasteiger charge is -2.05. The van der Waals surface area contributed by atoms with Crippen LogP contribution in [0.4, 0.5) is 13.2 Å². The summed E-state index contributed by atoms with van der Waals surface area (Å²) in [5.74, 6) is 0. The van der Waals surface area contributed by atoms with Crippen molar-refractivity contribution in [2.45, 2.75) is 26.4 Å². The van der Waals surface area contributed by atoms with Crippen molar-refractivity contribution < 1.29 is 18.0 Å². The van der Waals surface area contributed by atoms with Crippen LogP contribution in [0.25, 0.3) is 0 Å². The molecule has 0 amide bonds. The van der Waals surface area contributed by atoms with E-state index in [2.05, 4.69) is 0 Å². The summed E-state index contributed by atoms with van der Waals surface area (Å²) in [7, 11) is 0. The molecule has 0 aromatic heterocycles. The molecular weight excluding hydrogens is 205 g/mol. The first-order chi connectivity index (χ1) is 6.91. The largest absolute Gasteiger partial charge is 0.416 e. The molecule has 0 radical (unpaired) electrons. The molecule has 1 rings (SSSR count). The fourth-order valence-electron chi connectivity index (χ4n) is 0.821. The monoisotopic (exact) mass is 218 g/mol. The van der Waals surface area contributed by atoms with Gasteiger partial charge < -0.3 is 4.79 Å². The zero-order valence-corrected chi connectivity index (χ0v) is 8.64. The van der Waals surface area contributed by atoms with Gasteiger partial charge in [0.25, 0.3) is 0 Å². The summed E-state index contributed by atoms with van der Waals surface area (Å²) in [6.07, 6.45) is -2.70. The molecule has 1 aromatic carbocycles. The Balaban J connectivity index is 0.000000423. The summed E-state index contributed by atoms with van der Waals surface area (Å²) >= 11 is 0. The summed E-state index contributed by atoms with van der Waals surface area (Å²) in [5.41, 5.74) is 0.0392. The predicted molar refractivity (Wildman–Crippen MR) is 52.5 cm³/mol. The fourth-order valence-corrected chi connectivity index (χ4v) is 0.821. The van der Waals surface area contributed by atoms with Crippen LogP contribution in [0.1, 0.15) is 24.5 Å². The molecule has 0 saturated carbocycles. The lowest BCUT2D eigenvalue weighted by Crippen LogP contribution is -2.04. The van der Waals surface area contributed by atoms with E-state index in [-0.39, 0.29) is 0 Å². The zero-order chi connectivity index (χ0) is 11.9. The smallest absolute Gasteiger partial charge is 0.303 e. The molecule has 0 heterocycles. The quantitative estimate of drug-likeness (QED) is 0.658. The average molecular weight is 218 g/mol. The van der Waals surface area contributed by atoms with Crippen LogP contribution in [0, 0.1) is 6.92 Å². The van der Waals surface area contributed by atoms with Crippen LogP contribution in [0.5, 0.6) is 0 Å². The molecule has 0 spiro atoms. The lowest BCUT2D eigenvalue weighted by atomic mass is 10.1. The van der Waals surface area contributed by atoms with Gasteiger partial charge in [-0.1, -0.05) is 30.7 Å². The van der Waals surface area contributed by atoms with Crippen molar-refractivity contribution in [2.75, 3.05) is 0 Å². The van der Waals surface area contributed by atoms with Crippen molar-refractivity contribution in [1.29, 1.82) is 0 Å². The van der Waals surface area contributed by atoms with E-state index in [1.165, 1.54) is 6.07 Å². The van der Waals surface area contributed by atoms with Crippen molar-refractivity contribution in [1.82, 2.24) is 0 Å². The third-order valence-corrected chi connectivity index (χ3v) is 1.51. The third-order valence-electron chi connectivity index (χ3n) is 1.51. The summed E-state index contributed by atoms with van der Waals surface area (Å²) in [5, 5.41) is 0. The second kappa shape index (κ2) is 6.22. The van der Waals surface area contributed by atoms with Crippen molar-refractivity contribution >= 4 is 6.29 Å².